The highest BCUT2D eigenvalue weighted by molar-refractivity contribution is 6.31. The summed E-state index contributed by atoms with van der Waals surface area (Å²) in [6.07, 6.45) is 2.35. The van der Waals surface area contributed by atoms with E-state index in [0.29, 0.717) is 39.1 Å². The molecule has 1 saturated carbocycles. The first-order valence-corrected chi connectivity index (χ1v) is 12.9. The Morgan fingerprint density at radius 1 is 1.07 bits per heavy atom. The van der Waals surface area contributed by atoms with E-state index in [9.17, 15) is 9.59 Å². The molecule has 0 saturated heterocycles. The molecular formula is C27H18ClFN8O3. The molecule has 11 nitrogen and oxygen atoms in total. The number of nitrogens with one attached hydrogen (secondary N) is 2. The van der Waals surface area contributed by atoms with Crippen LogP contribution in [0, 0.1) is 11.9 Å². The summed E-state index contributed by atoms with van der Waals surface area (Å²) in [6.45, 7) is -0.105. The number of carbonyl (C=O) groups is 1. The van der Waals surface area contributed by atoms with Gasteiger partial charge in [0, 0.05) is 33.8 Å². The van der Waals surface area contributed by atoms with Crippen LogP contribution in [-0.2, 0) is 4.79 Å². The van der Waals surface area contributed by atoms with Gasteiger partial charge in [-0.2, -0.15) is 9.07 Å². The second-order valence-electron chi connectivity index (χ2n) is 10.1. The van der Waals surface area contributed by atoms with E-state index in [2.05, 4.69) is 30.8 Å². The smallest absolute Gasteiger partial charge is 0.262 e. The van der Waals surface area contributed by atoms with Crippen molar-refractivity contribution in [1.82, 2.24) is 34.7 Å². The zero-order valence-electron chi connectivity index (χ0n) is 20.5. The average molecular weight is 557 g/mol. The molecule has 0 spiro atoms. The Bertz CT molecular complexity index is 1920. The largest absolute Gasteiger partial charge is 0.482 e. The number of benzene rings is 2. The fraction of sp³-hybridized carbons (Fsp3) is 0.185. The molecule has 3 atom stereocenters. The van der Waals surface area contributed by atoms with Crippen molar-refractivity contribution in [1.29, 1.82) is 0 Å². The van der Waals surface area contributed by atoms with Gasteiger partial charge < -0.3 is 19.6 Å². The summed E-state index contributed by atoms with van der Waals surface area (Å²) in [5.41, 5.74) is 4.00. The third kappa shape index (κ3) is 3.49. The number of hydrogen-bond acceptors (Lipinski definition) is 7. The number of H-pyrrole nitrogens is 1. The SMILES string of the molecule is O=C1COc2cc(-c3[nH]c(C4C5CC5c5cc(-c6cc(Cl)ccc6-n6cnnn6)cc(=O)n54)nc3F)ccc2N1. The van der Waals surface area contributed by atoms with Gasteiger partial charge in [-0.3, -0.25) is 9.59 Å². The third-order valence-corrected chi connectivity index (χ3v) is 7.96. The maximum Gasteiger partial charge on any atom is 0.262 e. The maximum absolute atomic E-state index is 15.2. The van der Waals surface area contributed by atoms with Gasteiger partial charge in [0.05, 0.1) is 17.4 Å². The lowest BCUT2D eigenvalue weighted by Gasteiger charge is -2.18. The van der Waals surface area contributed by atoms with Gasteiger partial charge in [-0.1, -0.05) is 17.7 Å². The number of aromatic amines is 1. The zero-order chi connectivity index (χ0) is 27.1. The number of amides is 1. The van der Waals surface area contributed by atoms with E-state index < -0.39 is 12.0 Å². The van der Waals surface area contributed by atoms with Crippen LogP contribution in [0.15, 0.2) is 59.7 Å². The molecule has 40 heavy (non-hydrogen) atoms. The summed E-state index contributed by atoms with van der Waals surface area (Å²) in [4.78, 5) is 32.5. The highest BCUT2D eigenvalue weighted by Gasteiger charge is 2.54. The average Bonchev–Trinajstić information content (AvgIpc) is 3.24. The predicted octanol–water partition coefficient (Wildman–Crippen LogP) is 3.71. The Hall–Kier alpha value is -4.84. The molecule has 1 fully saturated rings. The van der Waals surface area contributed by atoms with E-state index in [1.54, 1.807) is 47.0 Å². The van der Waals surface area contributed by atoms with E-state index in [0.717, 1.165) is 17.7 Å². The zero-order valence-corrected chi connectivity index (χ0v) is 21.3. The van der Waals surface area contributed by atoms with Crippen molar-refractivity contribution in [2.45, 2.75) is 18.4 Å². The topological polar surface area (TPSA) is 133 Å². The van der Waals surface area contributed by atoms with Gasteiger partial charge in [0.1, 0.15) is 23.6 Å². The third-order valence-electron chi connectivity index (χ3n) is 7.73. The molecule has 0 radical (unpaired) electrons. The molecular weight excluding hydrogens is 539 g/mol. The van der Waals surface area contributed by atoms with Gasteiger partial charge in [-0.05, 0) is 64.7 Å². The van der Waals surface area contributed by atoms with Gasteiger partial charge in [0.25, 0.3) is 11.5 Å². The van der Waals surface area contributed by atoms with Crippen LogP contribution >= 0.6 is 11.6 Å². The molecule has 5 heterocycles. The van der Waals surface area contributed by atoms with Crippen LogP contribution in [0.4, 0.5) is 10.1 Å². The fourth-order valence-electron chi connectivity index (χ4n) is 5.90. The number of ether oxygens (including phenoxy) is 1. The number of pyridine rings is 1. The summed E-state index contributed by atoms with van der Waals surface area (Å²) in [7, 11) is 0. The van der Waals surface area contributed by atoms with Crippen LogP contribution < -0.4 is 15.6 Å². The van der Waals surface area contributed by atoms with Crippen molar-refractivity contribution in [3.63, 3.8) is 0 Å². The molecule has 198 valence electrons. The summed E-state index contributed by atoms with van der Waals surface area (Å²) in [5, 5.41) is 14.7. The number of anilines is 1. The first kappa shape index (κ1) is 23.1. The number of rotatable bonds is 4. The van der Waals surface area contributed by atoms with Crippen LogP contribution in [-0.4, -0.2) is 47.3 Å². The minimum atomic E-state index is -0.671. The maximum atomic E-state index is 15.2. The van der Waals surface area contributed by atoms with Crippen molar-refractivity contribution in [2.24, 2.45) is 5.92 Å². The minimum absolute atomic E-state index is 0.105. The van der Waals surface area contributed by atoms with Crippen LogP contribution in [0.5, 0.6) is 5.75 Å². The quantitative estimate of drug-likeness (QED) is 0.345. The number of imidazole rings is 1. The van der Waals surface area contributed by atoms with Gasteiger partial charge in [-0.25, -0.2) is 4.98 Å². The minimum Gasteiger partial charge on any atom is -0.482 e. The molecule has 2 N–H and O–H groups in total. The van der Waals surface area contributed by atoms with Gasteiger partial charge in [0.15, 0.2) is 6.61 Å². The molecule has 8 rings (SSSR count). The number of hydrogen-bond donors (Lipinski definition) is 2. The highest BCUT2D eigenvalue weighted by Crippen LogP contribution is 2.60. The molecule has 3 aliphatic rings. The number of fused-ring (bicyclic) bond motifs is 4. The molecule has 1 amide bonds. The van der Waals surface area contributed by atoms with Crippen molar-refractivity contribution in [2.75, 3.05) is 11.9 Å². The van der Waals surface area contributed by atoms with Crippen LogP contribution in [0.2, 0.25) is 5.02 Å². The summed E-state index contributed by atoms with van der Waals surface area (Å²) >= 11 is 6.32. The van der Waals surface area contributed by atoms with Crippen LogP contribution in [0.3, 0.4) is 0 Å². The number of tetrazole rings is 1. The van der Waals surface area contributed by atoms with E-state index in [4.69, 9.17) is 16.3 Å². The Morgan fingerprint density at radius 2 is 1.98 bits per heavy atom. The number of carbonyl (C=O) groups excluding carboxylic acids is 1. The Kier molecular flexibility index (Phi) is 4.81. The van der Waals surface area contributed by atoms with E-state index in [1.165, 1.54) is 11.0 Å². The van der Waals surface area contributed by atoms with E-state index >= 15 is 4.39 Å². The van der Waals surface area contributed by atoms with E-state index in [-0.39, 0.29) is 35.6 Å². The lowest BCUT2D eigenvalue weighted by atomic mass is 10.0. The molecule has 5 aromatic rings. The van der Waals surface area contributed by atoms with Gasteiger partial charge >= 0.3 is 0 Å². The number of halogens is 2. The van der Waals surface area contributed by atoms with Crippen molar-refractivity contribution >= 4 is 23.2 Å². The Labute approximate surface area is 229 Å². The van der Waals surface area contributed by atoms with Crippen LogP contribution in [0.1, 0.15) is 29.9 Å². The molecule has 13 heteroatoms. The molecule has 3 unspecified atom stereocenters. The van der Waals surface area contributed by atoms with Crippen LogP contribution in [0.25, 0.3) is 28.1 Å². The summed E-state index contributed by atoms with van der Waals surface area (Å²) < 4.78 is 23.9. The lowest BCUT2D eigenvalue weighted by Crippen LogP contribution is -2.26. The lowest BCUT2D eigenvalue weighted by molar-refractivity contribution is -0.118. The fourth-order valence-corrected chi connectivity index (χ4v) is 6.07. The first-order valence-electron chi connectivity index (χ1n) is 12.6. The van der Waals surface area contributed by atoms with Crippen molar-refractivity contribution < 1.29 is 13.9 Å². The molecule has 1 aliphatic carbocycles. The molecule has 2 aliphatic heterocycles. The van der Waals surface area contributed by atoms with Crippen molar-refractivity contribution in [3.8, 4) is 33.8 Å². The normalized spacial score (nSPS) is 20.4. The standard InChI is InChI=1S/C27H18ClFN8O3/c28-14-2-4-19(36-11-30-34-35-36)15(8-14)13-5-20-16-9-17(16)25(37(20)23(39)7-13)27-32-24(26(29)33-27)12-1-3-18-21(6-12)40-10-22(38)31-18/h1-8,11,16-17,25H,9-10H2,(H,31,38)(H,32,33). The first-order chi connectivity index (χ1) is 19.4. The molecule has 0 bridgehead atoms. The van der Waals surface area contributed by atoms with E-state index in [1.807, 2.05) is 6.07 Å². The Balaban J connectivity index is 1.19. The van der Waals surface area contributed by atoms with Gasteiger partial charge in [-0.15, -0.1) is 5.10 Å². The summed E-state index contributed by atoms with van der Waals surface area (Å²) in [6, 6.07) is 13.4. The summed E-state index contributed by atoms with van der Waals surface area (Å²) in [5.74, 6) is 0.205. The monoisotopic (exact) mass is 556 g/mol. The number of nitrogens with zero attached hydrogens (tertiary/aromatic N) is 6. The second-order valence-corrected chi connectivity index (χ2v) is 10.5. The molecule has 3 aromatic heterocycles. The Morgan fingerprint density at radius 3 is 2.83 bits per heavy atom. The predicted molar refractivity (Wildman–Crippen MR) is 141 cm³/mol. The van der Waals surface area contributed by atoms with Crippen molar-refractivity contribution in [3.05, 3.63) is 87.7 Å². The van der Waals surface area contributed by atoms with Gasteiger partial charge in [0.2, 0.25) is 5.95 Å². The second kappa shape index (κ2) is 8.33. The number of aromatic nitrogens is 7. The molecule has 2 aromatic carbocycles. The highest BCUT2D eigenvalue weighted by atomic mass is 35.5.